The molecular weight excluding hydrogens is 352 g/mol. The first-order valence-electron chi connectivity index (χ1n) is 8.38. The van der Waals surface area contributed by atoms with Gasteiger partial charge in [-0.3, -0.25) is 4.79 Å². The summed E-state index contributed by atoms with van der Waals surface area (Å²) in [5, 5.41) is 9.39. The maximum atomic E-state index is 13.0. The van der Waals surface area contributed by atoms with Crippen LogP contribution in [0.2, 0.25) is 0 Å². The third kappa shape index (κ3) is 3.04. The Morgan fingerprint density at radius 1 is 1.08 bits per heavy atom. The minimum absolute atomic E-state index is 0.0318. The minimum atomic E-state index is -1.03. The largest absolute Gasteiger partial charge is 0.480 e. The molecule has 6 nitrogen and oxygen atoms in total. The maximum absolute atomic E-state index is 13.0. The van der Waals surface area contributed by atoms with E-state index in [4.69, 9.17) is 4.74 Å². The number of nitrogens with zero attached hydrogens (tertiary/aromatic N) is 2. The van der Waals surface area contributed by atoms with E-state index in [1.807, 2.05) is 53.4 Å². The van der Waals surface area contributed by atoms with Gasteiger partial charge in [-0.25, -0.2) is 4.79 Å². The summed E-state index contributed by atoms with van der Waals surface area (Å²) in [5.41, 5.74) is 1.93. The third-order valence-corrected chi connectivity index (χ3v) is 5.69. The number of para-hydroxylation sites is 2. The summed E-state index contributed by atoms with van der Waals surface area (Å²) in [4.78, 5) is 30.0. The quantitative estimate of drug-likeness (QED) is 0.896. The van der Waals surface area contributed by atoms with Crippen LogP contribution in [0.25, 0.3) is 0 Å². The number of ether oxygens (including phenoxy) is 1. The van der Waals surface area contributed by atoms with Crippen molar-refractivity contribution in [3.8, 4) is 0 Å². The molecule has 0 aromatic heterocycles. The molecule has 0 aliphatic carbocycles. The summed E-state index contributed by atoms with van der Waals surface area (Å²) in [5.74, 6) is -1.25. The molecule has 0 bridgehead atoms. The SMILES string of the molecule is O=C(O)C1COCCN1C(=O)CN1c2ccccc2Sc2ccccc21. The fourth-order valence-electron chi connectivity index (χ4n) is 3.28. The van der Waals surface area contributed by atoms with Crippen LogP contribution in [0.15, 0.2) is 58.3 Å². The molecule has 2 aromatic rings. The molecule has 0 radical (unpaired) electrons. The highest BCUT2D eigenvalue weighted by Crippen LogP contribution is 2.47. The van der Waals surface area contributed by atoms with Gasteiger partial charge in [-0.1, -0.05) is 36.0 Å². The van der Waals surface area contributed by atoms with Gasteiger partial charge >= 0.3 is 5.97 Å². The van der Waals surface area contributed by atoms with Gasteiger partial charge in [-0.05, 0) is 24.3 Å². The van der Waals surface area contributed by atoms with Crippen LogP contribution < -0.4 is 4.90 Å². The first-order chi connectivity index (χ1) is 12.6. The van der Waals surface area contributed by atoms with E-state index in [9.17, 15) is 14.7 Å². The van der Waals surface area contributed by atoms with Gasteiger partial charge < -0.3 is 19.6 Å². The second-order valence-corrected chi connectivity index (χ2v) is 7.22. The van der Waals surface area contributed by atoms with Gasteiger partial charge in [0.15, 0.2) is 6.04 Å². The van der Waals surface area contributed by atoms with Crippen LogP contribution in [0.4, 0.5) is 11.4 Å². The number of rotatable bonds is 3. The van der Waals surface area contributed by atoms with Crippen LogP contribution >= 0.6 is 11.8 Å². The van der Waals surface area contributed by atoms with Gasteiger partial charge in [0.2, 0.25) is 5.91 Å². The Hall–Kier alpha value is -2.51. The number of carboxylic acids is 1. The van der Waals surface area contributed by atoms with E-state index >= 15 is 0 Å². The van der Waals surface area contributed by atoms with E-state index in [0.29, 0.717) is 13.2 Å². The van der Waals surface area contributed by atoms with Crippen LogP contribution in [0.1, 0.15) is 0 Å². The lowest BCUT2D eigenvalue weighted by Gasteiger charge is -2.37. The summed E-state index contributed by atoms with van der Waals surface area (Å²) in [7, 11) is 0. The number of hydrogen-bond acceptors (Lipinski definition) is 5. The van der Waals surface area contributed by atoms with Crippen molar-refractivity contribution in [2.24, 2.45) is 0 Å². The number of anilines is 2. The van der Waals surface area contributed by atoms with Crippen molar-refractivity contribution in [3.05, 3.63) is 48.5 Å². The van der Waals surface area contributed by atoms with Crippen molar-refractivity contribution < 1.29 is 19.4 Å². The number of morpholine rings is 1. The molecule has 1 fully saturated rings. The molecule has 26 heavy (non-hydrogen) atoms. The van der Waals surface area contributed by atoms with Crippen molar-refractivity contribution in [1.29, 1.82) is 0 Å². The lowest BCUT2D eigenvalue weighted by Crippen LogP contribution is -2.54. The number of benzene rings is 2. The molecule has 2 aliphatic heterocycles. The van der Waals surface area contributed by atoms with Crippen molar-refractivity contribution in [2.75, 3.05) is 31.2 Å². The van der Waals surface area contributed by atoms with E-state index in [0.717, 1.165) is 21.2 Å². The number of carbonyl (C=O) groups excluding carboxylic acids is 1. The summed E-state index contributed by atoms with van der Waals surface area (Å²) < 4.78 is 5.23. The van der Waals surface area contributed by atoms with Crippen LogP contribution in [-0.4, -0.2) is 54.2 Å². The monoisotopic (exact) mass is 370 g/mol. The molecule has 2 heterocycles. The van der Waals surface area contributed by atoms with Gasteiger partial charge in [0, 0.05) is 16.3 Å². The second kappa shape index (κ2) is 7.01. The van der Waals surface area contributed by atoms with E-state index in [2.05, 4.69) is 0 Å². The van der Waals surface area contributed by atoms with Crippen molar-refractivity contribution in [3.63, 3.8) is 0 Å². The Morgan fingerprint density at radius 2 is 1.69 bits per heavy atom. The zero-order chi connectivity index (χ0) is 18.1. The van der Waals surface area contributed by atoms with E-state index in [1.54, 1.807) is 11.8 Å². The van der Waals surface area contributed by atoms with E-state index in [-0.39, 0.29) is 19.1 Å². The predicted molar refractivity (Wildman–Crippen MR) is 98.0 cm³/mol. The van der Waals surface area contributed by atoms with Crippen molar-refractivity contribution in [1.82, 2.24) is 4.90 Å². The standard InChI is InChI=1S/C19H18N2O4S/c22-18(20-9-10-25-12-15(20)19(23)24)11-21-13-5-1-3-7-16(13)26-17-8-4-2-6-14(17)21/h1-8,15H,9-12H2,(H,23,24). The number of fused-ring (bicyclic) bond motifs is 2. The number of carboxylic acid groups (broad SMARTS) is 1. The molecule has 1 amide bonds. The molecule has 1 saturated heterocycles. The molecule has 134 valence electrons. The Bertz CT molecular complexity index is 811. The smallest absolute Gasteiger partial charge is 0.328 e. The Labute approximate surface area is 155 Å². The van der Waals surface area contributed by atoms with Gasteiger partial charge in [0.05, 0.1) is 24.6 Å². The van der Waals surface area contributed by atoms with Crippen LogP contribution in [0.5, 0.6) is 0 Å². The average molecular weight is 370 g/mol. The fourth-order valence-corrected chi connectivity index (χ4v) is 4.38. The van der Waals surface area contributed by atoms with Crippen LogP contribution in [-0.2, 0) is 14.3 Å². The highest BCUT2D eigenvalue weighted by Gasteiger charge is 2.34. The topological polar surface area (TPSA) is 70.1 Å². The van der Waals surface area contributed by atoms with Gasteiger partial charge in [0.25, 0.3) is 0 Å². The van der Waals surface area contributed by atoms with Crippen LogP contribution in [0.3, 0.4) is 0 Å². The van der Waals surface area contributed by atoms with Gasteiger partial charge in [-0.15, -0.1) is 0 Å². The van der Waals surface area contributed by atoms with Crippen molar-refractivity contribution >= 4 is 35.0 Å². The minimum Gasteiger partial charge on any atom is -0.480 e. The predicted octanol–water partition coefficient (Wildman–Crippen LogP) is 2.60. The van der Waals surface area contributed by atoms with Gasteiger partial charge in [0.1, 0.15) is 6.54 Å². The average Bonchev–Trinajstić information content (AvgIpc) is 2.67. The van der Waals surface area contributed by atoms with Crippen molar-refractivity contribution in [2.45, 2.75) is 15.8 Å². The molecule has 1 atom stereocenters. The molecule has 2 aliphatic rings. The highest BCUT2D eigenvalue weighted by molar-refractivity contribution is 7.99. The molecule has 4 rings (SSSR count). The Balaban J connectivity index is 1.65. The lowest BCUT2D eigenvalue weighted by atomic mass is 10.2. The Morgan fingerprint density at radius 3 is 2.31 bits per heavy atom. The first kappa shape index (κ1) is 16.9. The second-order valence-electron chi connectivity index (χ2n) is 6.14. The Kier molecular flexibility index (Phi) is 4.57. The molecular formula is C19H18N2O4S. The van der Waals surface area contributed by atoms with E-state index < -0.39 is 12.0 Å². The fraction of sp³-hybridized carbons (Fsp3) is 0.263. The van der Waals surface area contributed by atoms with E-state index in [1.165, 1.54) is 4.90 Å². The molecule has 1 unspecified atom stereocenters. The summed E-state index contributed by atoms with van der Waals surface area (Å²) in [6.45, 7) is 0.780. The summed E-state index contributed by atoms with van der Waals surface area (Å²) >= 11 is 1.67. The molecule has 7 heteroatoms. The molecule has 1 N–H and O–H groups in total. The van der Waals surface area contributed by atoms with Crippen LogP contribution in [0, 0.1) is 0 Å². The summed E-state index contributed by atoms with van der Waals surface area (Å²) in [6.07, 6.45) is 0. The normalized spacial score (nSPS) is 18.8. The zero-order valence-corrected chi connectivity index (χ0v) is 14.8. The highest BCUT2D eigenvalue weighted by atomic mass is 32.2. The zero-order valence-electron chi connectivity index (χ0n) is 14.0. The number of aliphatic carboxylic acids is 1. The molecule has 0 spiro atoms. The molecule has 2 aromatic carbocycles. The lowest BCUT2D eigenvalue weighted by molar-refractivity contribution is -0.157. The maximum Gasteiger partial charge on any atom is 0.328 e. The number of amides is 1. The third-order valence-electron chi connectivity index (χ3n) is 4.56. The number of hydrogen-bond donors (Lipinski definition) is 1. The van der Waals surface area contributed by atoms with Gasteiger partial charge in [-0.2, -0.15) is 0 Å². The number of carbonyl (C=O) groups is 2. The summed E-state index contributed by atoms with van der Waals surface area (Å²) in [6, 6.07) is 14.9. The molecule has 0 saturated carbocycles. The first-order valence-corrected chi connectivity index (χ1v) is 9.20.